The van der Waals surface area contributed by atoms with Crippen molar-refractivity contribution in [1.29, 1.82) is 0 Å². The van der Waals surface area contributed by atoms with Crippen LogP contribution >= 0.6 is 12.8 Å². The highest BCUT2D eigenvalue weighted by Crippen LogP contribution is 1.72. The molecule has 1 amide bonds. The number of thiol groups is 1. The van der Waals surface area contributed by atoms with Gasteiger partial charge in [-0.25, -0.2) is 0 Å². The first-order valence-corrected chi connectivity index (χ1v) is 1.47. The number of hydrogen-bond acceptors (Lipinski definition) is 2. The van der Waals surface area contributed by atoms with Gasteiger partial charge in [0.2, 0.25) is 0 Å². The van der Waals surface area contributed by atoms with Crippen molar-refractivity contribution in [3.05, 3.63) is 0 Å². The fourth-order valence-electron chi connectivity index (χ4n) is 0. The van der Waals surface area contributed by atoms with Gasteiger partial charge < -0.3 is 0 Å². The highest BCUT2D eigenvalue weighted by Gasteiger charge is 1.73. The molecule has 0 atom stereocenters. The van der Waals surface area contributed by atoms with Gasteiger partial charge in [0.15, 0.2) is 0 Å². The third-order valence-corrected chi connectivity index (χ3v) is 0.214. The molecule has 0 aliphatic rings. The molecule has 29 valence electrons. The summed E-state index contributed by atoms with van der Waals surface area (Å²) in [6, 6.07) is 0. The minimum Gasteiger partial charge on any atom is -0.284 e. The van der Waals surface area contributed by atoms with Crippen LogP contribution in [0.3, 0.4) is 0 Å². The fourth-order valence-corrected chi connectivity index (χ4v) is 0. The van der Waals surface area contributed by atoms with Gasteiger partial charge in [0.25, 0.3) is 0 Å². The molecule has 0 saturated heterocycles. The van der Waals surface area contributed by atoms with E-state index in [0.29, 0.717) is 0 Å². The van der Waals surface area contributed by atoms with Crippen LogP contribution in [0.1, 0.15) is 0 Å². The average Bonchev–Trinajstić information content (AvgIpc) is 1.38. The molecule has 3 heteroatoms. The molecule has 1 radical (unpaired) electrons. The second-order valence-corrected chi connectivity index (χ2v) is 1.21. The Bertz CT molecular complexity index is 36.6. The SMILES string of the molecule is CN(S)[C]=O. The van der Waals surface area contributed by atoms with Crippen molar-refractivity contribution in [3.8, 4) is 0 Å². The Labute approximate surface area is 36.3 Å². The van der Waals surface area contributed by atoms with E-state index < -0.39 is 0 Å². The van der Waals surface area contributed by atoms with Gasteiger partial charge in [-0.1, -0.05) is 12.8 Å². The van der Waals surface area contributed by atoms with Crippen molar-refractivity contribution in [3.63, 3.8) is 0 Å². The first kappa shape index (κ1) is 4.82. The normalized spacial score (nSPS) is 6.80. The Morgan fingerprint density at radius 2 is 2.20 bits per heavy atom. The smallest absolute Gasteiger partial charge is 0.284 e. The van der Waals surface area contributed by atoms with Gasteiger partial charge in [-0.05, 0) is 0 Å². The zero-order valence-electron chi connectivity index (χ0n) is 2.80. The molecule has 0 bridgehead atoms. The lowest BCUT2D eigenvalue weighted by molar-refractivity contribution is 0.525. The molecular formula is C2H4NOS. The second kappa shape index (κ2) is 2.08. The number of nitrogens with zero attached hydrogens (tertiary/aromatic N) is 1. The van der Waals surface area contributed by atoms with Crippen molar-refractivity contribution in [2.45, 2.75) is 0 Å². The Hall–Kier alpha value is -0.180. The zero-order chi connectivity index (χ0) is 4.28. The highest BCUT2D eigenvalue weighted by atomic mass is 32.1. The molecule has 0 spiro atoms. The first-order chi connectivity index (χ1) is 2.27. The van der Waals surface area contributed by atoms with Crippen molar-refractivity contribution in [1.82, 2.24) is 4.31 Å². The van der Waals surface area contributed by atoms with Crippen LogP contribution in [-0.4, -0.2) is 17.8 Å². The maximum Gasteiger partial charge on any atom is 0.322 e. The van der Waals surface area contributed by atoms with Gasteiger partial charge in [-0.15, -0.1) is 0 Å². The molecule has 0 heterocycles. The molecular weight excluding hydrogens is 86.1 g/mol. The zero-order valence-corrected chi connectivity index (χ0v) is 3.70. The van der Waals surface area contributed by atoms with Crippen LogP contribution < -0.4 is 0 Å². The van der Waals surface area contributed by atoms with Crippen molar-refractivity contribution in [2.24, 2.45) is 0 Å². The molecule has 5 heavy (non-hydrogen) atoms. The summed E-state index contributed by atoms with van der Waals surface area (Å²) < 4.78 is 1.01. The van der Waals surface area contributed by atoms with Crippen LogP contribution in [0, 0.1) is 0 Å². The summed E-state index contributed by atoms with van der Waals surface area (Å²) in [5, 5.41) is 0. The molecule has 0 aromatic heterocycles. The van der Waals surface area contributed by atoms with E-state index in [2.05, 4.69) is 12.8 Å². The molecule has 2 nitrogen and oxygen atoms in total. The van der Waals surface area contributed by atoms with E-state index in [4.69, 9.17) is 0 Å². The highest BCUT2D eigenvalue weighted by molar-refractivity contribution is 7.78. The third kappa shape index (κ3) is 3.82. The molecule has 0 N–H and O–H groups in total. The van der Waals surface area contributed by atoms with E-state index in [1.54, 1.807) is 0 Å². The molecule has 0 saturated carbocycles. The Balaban J connectivity index is 2.83. The number of carbonyl (C=O) groups excluding carboxylic acids is 1. The maximum atomic E-state index is 9.23. The summed E-state index contributed by atoms with van der Waals surface area (Å²) in [7, 11) is 1.50. The van der Waals surface area contributed by atoms with Crippen LogP contribution in [-0.2, 0) is 4.79 Å². The van der Waals surface area contributed by atoms with Crippen molar-refractivity contribution < 1.29 is 4.79 Å². The minimum atomic E-state index is 1.01. The Morgan fingerprint density at radius 1 is 2.00 bits per heavy atom. The third-order valence-electron chi connectivity index (χ3n) is 0.132. The van der Waals surface area contributed by atoms with Crippen molar-refractivity contribution >= 4 is 19.2 Å². The minimum absolute atomic E-state index is 1.01. The average molecular weight is 90.1 g/mol. The lowest BCUT2D eigenvalue weighted by atomic mass is 11.2. The summed E-state index contributed by atoms with van der Waals surface area (Å²) in [4.78, 5) is 9.23. The summed E-state index contributed by atoms with van der Waals surface area (Å²) >= 11 is 3.51. The van der Waals surface area contributed by atoms with Crippen LogP contribution in [0.15, 0.2) is 0 Å². The Morgan fingerprint density at radius 3 is 2.20 bits per heavy atom. The summed E-state index contributed by atoms with van der Waals surface area (Å²) in [6.45, 7) is 0. The quantitative estimate of drug-likeness (QED) is 0.350. The van der Waals surface area contributed by atoms with E-state index in [1.165, 1.54) is 13.5 Å². The second-order valence-electron chi connectivity index (χ2n) is 0.615. The topological polar surface area (TPSA) is 20.3 Å². The molecule has 0 aliphatic carbocycles. The molecule has 0 fully saturated rings. The predicted molar refractivity (Wildman–Crippen MR) is 22.4 cm³/mol. The predicted octanol–water partition coefficient (Wildman–Crippen LogP) is -0.170. The number of hydrogen-bond donors (Lipinski definition) is 1. The lowest BCUT2D eigenvalue weighted by Gasteiger charge is -1.88. The molecule has 0 aromatic carbocycles. The lowest BCUT2D eigenvalue weighted by Crippen LogP contribution is -1.97. The Kier molecular flexibility index (Phi) is 2.01. The monoisotopic (exact) mass is 90.0 g/mol. The largest absolute Gasteiger partial charge is 0.322 e. The van der Waals surface area contributed by atoms with E-state index in [-0.39, 0.29) is 0 Å². The van der Waals surface area contributed by atoms with Crippen LogP contribution in [0.4, 0.5) is 0 Å². The molecule has 0 rings (SSSR count). The van der Waals surface area contributed by atoms with E-state index in [9.17, 15) is 4.79 Å². The van der Waals surface area contributed by atoms with Gasteiger partial charge in [-0.2, -0.15) is 0 Å². The number of rotatable bonds is 1. The molecule has 0 unspecified atom stereocenters. The van der Waals surface area contributed by atoms with E-state index in [0.717, 1.165) is 4.31 Å². The molecule has 0 aromatic rings. The van der Waals surface area contributed by atoms with E-state index in [1.807, 2.05) is 0 Å². The molecule has 0 aliphatic heterocycles. The standard InChI is InChI=1S/C2H4NOS/c1-3(5)2-4/h5H,1H3. The summed E-state index contributed by atoms with van der Waals surface area (Å²) in [6.07, 6.45) is 1.48. The van der Waals surface area contributed by atoms with Crippen LogP contribution in [0.25, 0.3) is 0 Å². The van der Waals surface area contributed by atoms with Gasteiger partial charge in [0, 0.05) is 7.05 Å². The summed E-state index contributed by atoms with van der Waals surface area (Å²) in [5.74, 6) is 0. The fraction of sp³-hybridized carbons (Fsp3) is 0.500. The van der Waals surface area contributed by atoms with Gasteiger partial charge in [-0.3, -0.25) is 9.10 Å². The van der Waals surface area contributed by atoms with Crippen LogP contribution in [0.5, 0.6) is 0 Å². The first-order valence-electron chi connectivity index (χ1n) is 1.07. The summed E-state index contributed by atoms with van der Waals surface area (Å²) in [5.41, 5.74) is 0. The maximum absolute atomic E-state index is 9.23. The van der Waals surface area contributed by atoms with Crippen molar-refractivity contribution in [2.75, 3.05) is 7.05 Å². The van der Waals surface area contributed by atoms with Gasteiger partial charge in [0.1, 0.15) is 0 Å². The van der Waals surface area contributed by atoms with Gasteiger partial charge in [0.05, 0.1) is 0 Å². The van der Waals surface area contributed by atoms with Crippen LogP contribution in [0.2, 0.25) is 0 Å². The van der Waals surface area contributed by atoms with E-state index >= 15 is 0 Å². The number of amides is 1. The van der Waals surface area contributed by atoms with Gasteiger partial charge >= 0.3 is 6.41 Å².